The molecule has 0 N–H and O–H groups in total. The molecule has 0 atom stereocenters. The molecule has 0 fully saturated rings. The van der Waals surface area contributed by atoms with Crippen LogP contribution in [0, 0.1) is 17.9 Å². The van der Waals surface area contributed by atoms with Gasteiger partial charge in [-0.3, -0.25) is 0 Å². The van der Waals surface area contributed by atoms with E-state index < -0.39 is 0 Å². The van der Waals surface area contributed by atoms with Crippen LogP contribution < -0.4 is 0 Å². The van der Waals surface area contributed by atoms with Crippen LogP contribution in [0.4, 0.5) is 5.69 Å². The number of fused-ring (bicyclic) bond motifs is 6. The Morgan fingerprint density at radius 2 is 0.963 bits per heavy atom. The van der Waals surface area contributed by atoms with Gasteiger partial charge in [-0.1, -0.05) is 109 Å². The van der Waals surface area contributed by atoms with E-state index in [1.807, 2.05) is 24.3 Å². The van der Waals surface area contributed by atoms with Crippen molar-refractivity contribution in [3.63, 3.8) is 0 Å². The normalized spacial score (nSPS) is 11.3. The summed E-state index contributed by atoms with van der Waals surface area (Å²) in [5.74, 6) is 1.32. The lowest BCUT2D eigenvalue weighted by Gasteiger charge is -2.20. The van der Waals surface area contributed by atoms with Crippen molar-refractivity contribution >= 4 is 49.3 Å². The first-order valence-electron chi connectivity index (χ1n) is 17.6. The molecule has 0 aliphatic heterocycles. The minimum Gasteiger partial charge on any atom is -0.307 e. The molecule has 3 heterocycles. The summed E-state index contributed by atoms with van der Waals surface area (Å²) < 4.78 is 4.67. The van der Waals surface area contributed by atoms with Crippen LogP contribution >= 0.6 is 0 Å². The summed E-state index contributed by atoms with van der Waals surface area (Å²) >= 11 is 0. The van der Waals surface area contributed by atoms with Crippen molar-refractivity contribution in [3.8, 4) is 51.6 Å². The van der Waals surface area contributed by atoms with Crippen LogP contribution in [0.5, 0.6) is 0 Å². The summed E-state index contributed by atoms with van der Waals surface area (Å²) in [6.07, 6.45) is 0. The number of hydrogen-bond acceptors (Lipinski definition) is 4. The van der Waals surface area contributed by atoms with Crippen LogP contribution in [-0.2, 0) is 0 Å². The summed E-state index contributed by atoms with van der Waals surface area (Å²) in [6, 6.07) is 57.2. The van der Waals surface area contributed by atoms with Gasteiger partial charge in [-0.05, 0) is 54.6 Å². The second-order valence-corrected chi connectivity index (χ2v) is 13.1. The maximum atomic E-state index is 9.78. The summed E-state index contributed by atoms with van der Waals surface area (Å²) in [6.45, 7) is 7.68. The molecule has 10 aromatic rings. The fourth-order valence-corrected chi connectivity index (χ4v) is 7.67. The molecule has 0 radical (unpaired) electrons. The van der Waals surface area contributed by atoms with E-state index in [4.69, 9.17) is 21.5 Å². The summed E-state index contributed by atoms with van der Waals surface area (Å²) in [7, 11) is 0. The van der Waals surface area contributed by atoms with Gasteiger partial charge in [-0.25, -0.2) is 19.8 Å². The minimum absolute atomic E-state index is 0.427. The highest BCUT2D eigenvalue weighted by molar-refractivity contribution is 6.12. The van der Waals surface area contributed by atoms with E-state index in [1.54, 1.807) is 24.3 Å². The number of nitriles is 1. The molecule has 7 heteroatoms. The van der Waals surface area contributed by atoms with E-state index >= 15 is 0 Å². The first kappa shape index (κ1) is 30.9. The largest absolute Gasteiger partial charge is 0.307 e. The Hall–Kier alpha value is -7.87. The number of hydrogen-bond donors (Lipinski definition) is 0. The zero-order valence-electron chi connectivity index (χ0n) is 28.7. The molecule has 3 aromatic heterocycles. The Bertz CT molecular complexity index is 3030. The number of rotatable bonds is 5. The summed E-state index contributed by atoms with van der Waals surface area (Å²) in [5, 5.41) is 14.4. The van der Waals surface area contributed by atoms with Crippen LogP contribution in [-0.4, -0.2) is 24.1 Å². The van der Waals surface area contributed by atoms with Gasteiger partial charge in [0.2, 0.25) is 0 Å². The third-order valence-corrected chi connectivity index (χ3v) is 10.00. The molecule has 0 spiro atoms. The second kappa shape index (κ2) is 12.4. The monoisotopic (exact) mass is 689 g/mol. The molecule has 0 saturated carbocycles. The highest BCUT2D eigenvalue weighted by Crippen LogP contribution is 2.42. The topological polar surface area (TPSA) is 76.7 Å². The average molecular weight is 690 g/mol. The first-order chi connectivity index (χ1) is 26.7. The third-order valence-electron chi connectivity index (χ3n) is 10.00. The maximum absolute atomic E-state index is 9.78. The number of benzene rings is 7. The van der Waals surface area contributed by atoms with Gasteiger partial charge in [-0.15, -0.1) is 0 Å². The Balaban J connectivity index is 1.36. The lowest BCUT2D eigenvalue weighted by Crippen LogP contribution is -2.08. The Morgan fingerprint density at radius 1 is 0.481 bits per heavy atom. The molecule has 250 valence electrons. The van der Waals surface area contributed by atoms with Crippen molar-refractivity contribution in [3.05, 3.63) is 181 Å². The second-order valence-electron chi connectivity index (χ2n) is 13.1. The van der Waals surface area contributed by atoms with Crippen molar-refractivity contribution in [2.45, 2.75) is 0 Å². The fraction of sp³-hybridized carbons (Fsp3) is 0. The predicted octanol–water partition coefficient (Wildman–Crippen LogP) is 11.5. The minimum atomic E-state index is 0.427. The van der Waals surface area contributed by atoms with E-state index in [9.17, 15) is 5.26 Å². The van der Waals surface area contributed by atoms with Gasteiger partial charge in [0.15, 0.2) is 23.2 Å². The summed E-state index contributed by atoms with van der Waals surface area (Å²) in [4.78, 5) is 19.0. The molecule has 7 nitrogen and oxygen atoms in total. The average Bonchev–Trinajstić information content (AvgIpc) is 3.76. The molecule has 0 amide bonds. The van der Waals surface area contributed by atoms with Crippen molar-refractivity contribution < 1.29 is 0 Å². The smallest absolute Gasteiger partial charge is 0.187 e. The maximum Gasteiger partial charge on any atom is 0.187 e. The number of nitrogens with zero attached hydrogens (tertiary/aromatic N) is 7. The van der Waals surface area contributed by atoms with Crippen LogP contribution in [0.1, 0.15) is 5.56 Å². The lowest BCUT2D eigenvalue weighted by atomic mass is 10.1. The van der Waals surface area contributed by atoms with Crippen molar-refractivity contribution in [1.82, 2.24) is 24.1 Å². The molecule has 0 bridgehead atoms. The predicted molar refractivity (Wildman–Crippen MR) is 216 cm³/mol. The molecule has 10 rings (SSSR count). The van der Waals surface area contributed by atoms with Crippen molar-refractivity contribution in [2.75, 3.05) is 0 Å². The molecule has 0 saturated heterocycles. The highest BCUT2D eigenvalue weighted by Gasteiger charge is 2.24. The van der Waals surface area contributed by atoms with E-state index in [-0.39, 0.29) is 0 Å². The quantitative estimate of drug-likeness (QED) is 0.169. The fourth-order valence-electron chi connectivity index (χ4n) is 7.67. The van der Waals surface area contributed by atoms with Crippen molar-refractivity contribution in [1.29, 1.82) is 5.26 Å². The van der Waals surface area contributed by atoms with Gasteiger partial charge in [0, 0.05) is 38.2 Å². The first-order valence-corrected chi connectivity index (χ1v) is 17.6. The summed E-state index contributed by atoms with van der Waals surface area (Å²) in [5.41, 5.74) is 9.31. The van der Waals surface area contributed by atoms with E-state index in [0.29, 0.717) is 39.9 Å². The Morgan fingerprint density at radius 3 is 1.52 bits per heavy atom. The standard InChI is InChI=1S/C47H27N7/c1-49-33-16-11-15-32(28-33)46-50-45(31-14-10-13-30(27-31)29-48)51-47(52-46)38-21-12-26-43(53-39-22-6-2-17-34(39)35-18-3-7-23-40(35)53)44(38)54-41-24-8-4-19-36(41)37-20-5-9-25-42(37)54/h2-28H. The highest BCUT2D eigenvalue weighted by atomic mass is 15.1. The number of para-hydroxylation sites is 5. The molecular weight excluding hydrogens is 663 g/mol. The molecule has 7 aromatic carbocycles. The molecule has 0 unspecified atom stereocenters. The lowest BCUT2D eigenvalue weighted by molar-refractivity contribution is 1.05. The molecule has 0 aliphatic carbocycles. The van der Waals surface area contributed by atoms with Gasteiger partial charge in [0.1, 0.15) is 0 Å². The van der Waals surface area contributed by atoms with Gasteiger partial charge in [0.05, 0.1) is 51.6 Å². The Labute approximate surface area is 310 Å². The van der Waals surface area contributed by atoms with Gasteiger partial charge < -0.3 is 9.13 Å². The van der Waals surface area contributed by atoms with Crippen molar-refractivity contribution in [2.24, 2.45) is 0 Å². The van der Waals surface area contributed by atoms with Crippen LogP contribution in [0.3, 0.4) is 0 Å². The van der Waals surface area contributed by atoms with Gasteiger partial charge in [-0.2, -0.15) is 5.26 Å². The van der Waals surface area contributed by atoms with Gasteiger partial charge >= 0.3 is 0 Å². The molecular formula is C47H27N7. The Kier molecular flexibility index (Phi) is 7.11. The third kappa shape index (κ3) is 4.85. The van der Waals surface area contributed by atoms with E-state index in [0.717, 1.165) is 60.5 Å². The van der Waals surface area contributed by atoms with Crippen LogP contribution in [0.25, 0.3) is 94.0 Å². The van der Waals surface area contributed by atoms with E-state index in [2.05, 4.69) is 135 Å². The molecule has 0 aliphatic rings. The zero-order chi connectivity index (χ0) is 36.2. The van der Waals surface area contributed by atoms with Crippen LogP contribution in [0.2, 0.25) is 0 Å². The molecule has 54 heavy (non-hydrogen) atoms. The van der Waals surface area contributed by atoms with E-state index in [1.165, 1.54) is 0 Å². The van der Waals surface area contributed by atoms with Gasteiger partial charge in [0.25, 0.3) is 0 Å². The van der Waals surface area contributed by atoms with Crippen LogP contribution in [0.15, 0.2) is 164 Å². The SMILES string of the molecule is [C-]#[N+]c1cccc(-c2nc(-c3cccc(C#N)c3)nc(-c3cccc(-n4c5ccccc5c5ccccc54)c3-n3c4ccccc4c4ccccc43)n2)c1. The number of aromatic nitrogens is 5. The zero-order valence-corrected chi connectivity index (χ0v) is 28.7.